The molecule has 2 aromatic rings. The van der Waals surface area contributed by atoms with Crippen LogP contribution in [0.2, 0.25) is 0 Å². The van der Waals surface area contributed by atoms with E-state index in [1.54, 1.807) is 25.3 Å². The normalized spacial score (nSPS) is 26.3. The van der Waals surface area contributed by atoms with Gasteiger partial charge in [0.1, 0.15) is 24.7 Å². The molecule has 0 saturated heterocycles. The zero-order valence-electron chi connectivity index (χ0n) is 20.2. The highest BCUT2D eigenvalue weighted by Crippen LogP contribution is 2.55. The van der Waals surface area contributed by atoms with Crippen LogP contribution in [0.3, 0.4) is 0 Å². The van der Waals surface area contributed by atoms with Crippen molar-refractivity contribution in [3.8, 4) is 11.5 Å². The summed E-state index contributed by atoms with van der Waals surface area (Å²) in [6, 6.07) is 14.5. The molecule has 7 heteroatoms. The van der Waals surface area contributed by atoms with Gasteiger partial charge in [-0.3, -0.25) is 4.79 Å². The number of thioether (sulfide) groups is 1. The maximum Gasteiger partial charge on any atom is 0.339 e. The summed E-state index contributed by atoms with van der Waals surface area (Å²) in [6.07, 6.45) is 7.46. The van der Waals surface area contributed by atoms with Gasteiger partial charge >= 0.3 is 5.97 Å². The predicted molar refractivity (Wildman–Crippen MR) is 135 cm³/mol. The van der Waals surface area contributed by atoms with Crippen LogP contribution in [0.1, 0.15) is 48.9 Å². The second-order valence-corrected chi connectivity index (χ2v) is 11.2. The molecule has 4 aliphatic carbocycles. The van der Waals surface area contributed by atoms with Crippen molar-refractivity contribution in [2.45, 2.75) is 49.0 Å². The maximum atomic E-state index is 12.9. The van der Waals surface area contributed by atoms with Gasteiger partial charge in [-0.25, -0.2) is 4.79 Å². The Kier molecular flexibility index (Phi) is 7.23. The van der Waals surface area contributed by atoms with Crippen molar-refractivity contribution in [2.75, 3.05) is 26.1 Å². The molecule has 1 N–H and O–H groups in total. The van der Waals surface area contributed by atoms with Crippen LogP contribution in [0.15, 0.2) is 53.4 Å². The molecule has 0 aliphatic heterocycles. The summed E-state index contributed by atoms with van der Waals surface area (Å²) in [6.45, 7) is 0.386. The zero-order valence-corrected chi connectivity index (χ0v) is 21.0. The van der Waals surface area contributed by atoms with E-state index < -0.39 is 5.97 Å². The first kappa shape index (κ1) is 24.0. The van der Waals surface area contributed by atoms with Gasteiger partial charge in [-0.15, -0.1) is 11.8 Å². The van der Waals surface area contributed by atoms with Gasteiger partial charge in [0.15, 0.2) is 0 Å². The van der Waals surface area contributed by atoms with Gasteiger partial charge < -0.3 is 19.5 Å². The van der Waals surface area contributed by atoms with Gasteiger partial charge in [0.25, 0.3) is 0 Å². The predicted octanol–water partition coefficient (Wildman–Crippen LogP) is 5.11. The van der Waals surface area contributed by atoms with Gasteiger partial charge in [-0.1, -0.05) is 12.1 Å². The first-order chi connectivity index (χ1) is 17.0. The molecular weight excluding hydrogens is 462 g/mol. The van der Waals surface area contributed by atoms with Crippen LogP contribution in [0, 0.1) is 17.8 Å². The number of methoxy groups -OCH3 is 1. The number of nitrogens with one attached hydrogen (secondary N) is 1. The van der Waals surface area contributed by atoms with E-state index in [0.29, 0.717) is 17.1 Å². The first-order valence-electron chi connectivity index (χ1n) is 12.5. The van der Waals surface area contributed by atoms with Gasteiger partial charge in [-0.2, -0.15) is 0 Å². The molecule has 1 amide bonds. The molecule has 35 heavy (non-hydrogen) atoms. The molecule has 4 aliphatic rings. The van der Waals surface area contributed by atoms with Crippen LogP contribution < -0.4 is 14.8 Å². The molecular formula is C28H33NO5S. The number of carbonyl (C=O) groups is 2. The summed E-state index contributed by atoms with van der Waals surface area (Å²) < 4.78 is 16.2. The molecule has 4 saturated carbocycles. The first-order valence-corrected chi connectivity index (χ1v) is 13.5. The fourth-order valence-electron chi connectivity index (χ4n) is 6.54. The van der Waals surface area contributed by atoms with E-state index in [0.717, 1.165) is 47.7 Å². The van der Waals surface area contributed by atoms with Crippen LogP contribution in [0.4, 0.5) is 0 Å². The van der Waals surface area contributed by atoms with Crippen LogP contribution in [-0.4, -0.2) is 43.5 Å². The lowest BCUT2D eigenvalue weighted by atomic mass is 9.53. The molecule has 0 atom stereocenters. The molecule has 0 aromatic heterocycles. The SMILES string of the molecule is COc1ccc(OCCOC(=O)c2ccccc2SCC(=O)NC23CC4CC(CC(C4)C2)C3)cc1. The fourth-order valence-corrected chi connectivity index (χ4v) is 7.38. The second kappa shape index (κ2) is 10.5. The van der Waals surface area contributed by atoms with Crippen LogP contribution in [0.5, 0.6) is 11.5 Å². The maximum absolute atomic E-state index is 12.9. The summed E-state index contributed by atoms with van der Waals surface area (Å²) in [7, 11) is 1.61. The minimum atomic E-state index is -0.409. The lowest BCUT2D eigenvalue weighted by Crippen LogP contribution is -2.60. The van der Waals surface area contributed by atoms with E-state index in [1.165, 1.54) is 31.0 Å². The monoisotopic (exact) mass is 495 g/mol. The highest BCUT2D eigenvalue weighted by molar-refractivity contribution is 8.00. The largest absolute Gasteiger partial charge is 0.497 e. The lowest BCUT2D eigenvalue weighted by Gasteiger charge is -2.56. The third kappa shape index (κ3) is 5.77. The van der Waals surface area contributed by atoms with E-state index in [2.05, 4.69) is 5.32 Å². The molecule has 0 spiro atoms. The van der Waals surface area contributed by atoms with Gasteiger partial charge in [0.05, 0.1) is 18.4 Å². The van der Waals surface area contributed by atoms with E-state index in [9.17, 15) is 9.59 Å². The van der Waals surface area contributed by atoms with E-state index in [1.807, 2.05) is 30.3 Å². The molecule has 186 valence electrons. The van der Waals surface area contributed by atoms with Crippen molar-refractivity contribution in [3.05, 3.63) is 54.1 Å². The van der Waals surface area contributed by atoms with E-state index >= 15 is 0 Å². The highest BCUT2D eigenvalue weighted by atomic mass is 32.2. The molecule has 4 bridgehead atoms. The van der Waals surface area contributed by atoms with Gasteiger partial charge in [0.2, 0.25) is 5.91 Å². The number of amides is 1. The Hall–Kier alpha value is -2.67. The summed E-state index contributed by atoms with van der Waals surface area (Å²) in [5, 5.41) is 3.41. The fraction of sp³-hybridized carbons (Fsp3) is 0.500. The van der Waals surface area contributed by atoms with Gasteiger partial charge in [0, 0.05) is 10.4 Å². The quantitative estimate of drug-likeness (QED) is 0.281. The Balaban J connectivity index is 1.10. The molecule has 0 heterocycles. The average molecular weight is 496 g/mol. The van der Waals surface area contributed by atoms with Gasteiger partial charge in [-0.05, 0) is 92.7 Å². The summed E-state index contributed by atoms with van der Waals surface area (Å²) in [5.74, 6) is 3.76. The number of hydrogen-bond donors (Lipinski definition) is 1. The zero-order chi connectivity index (χ0) is 24.3. The summed E-state index contributed by atoms with van der Waals surface area (Å²) >= 11 is 1.40. The van der Waals surface area contributed by atoms with Crippen molar-refractivity contribution in [2.24, 2.45) is 17.8 Å². The van der Waals surface area contributed by atoms with E-state index in [4.69, 9.17) is 14.2 Å². The van der Waals surface area contributed by atoms with Crippen LogP contribution >= 0.6 is 11.8 Å². The number of hydrogen-bond acceptors (Lipinski definition) is 6. The number of benzene rings is 2. The molecule has 2 aromatic carbocycles. The van der Waals surface area contributed by atoms with Crippen molar-refractivity contribution in [1.29, 1.82) is 0 Å². The average Bonchev–Trinajstić information content (AvgIpc) is 2.84. The van der Waals surface area contributed by atoms with Crippen molar-refractivity contribution >= 4 is 23.6 Å². The van der Waals surface area contributed by atoms with Crippen LogP contribution in [-0.2, 0) is 9.53 Å². The molecule has 0 radical (unpaired) electrons. The second-order valence-electron chi connectivity index (χ2n) is 10.2. The Labute approximate surface area is 211 Å². The third-order valence-corrected chi connectivity index (χ3v) is 8.63. The number of ether oxygens (including phenoxy) is 3. The molecule has 4 fully saturated rings. The molecule has 0 unspecified atom stereocenters. The number of esters is 1. The van der Waals surface area contributed by atoms with E-state index in [-0.39, 0.29) is 24.7 Å². The third-order valence-electron chi connectivity index (χ3n) is 7.55. The smallest absolute Gasteiger partial charge is 0.339 e. The Morgan fingerprint density at radius 2 is 1.54 bits per heavy atom. The summed E-state index contributed by atoms with van der Waals surface area (Å²) in [5.41, 5.74) is 0.485. The Bertz CT molecular complexity index is 1020. The highest BCUT2D eigenvalue weighted by Gasteiger charge is 2.51. The summed E-state index contributed by atoms with van der Waals surface area (Å²) in [4.78, 5) is 26.3. The van der Waals surface area contributed by atoms with Crippen LogP contribution in [0.25, 0.3) is 0 Å². The Morgan fingerprint density at radius 3 is 2.20 bits per heavy atom. The minimum Gasteiger partial charge on any atom is -0.497 e. The van der Waals surface area contributed by atoms with Crippen molar-refractivity contribution in [3.63, 3.8) is 0 Å². The molecule has 6 rings (SSSR count). The number of rotatable bonds is 10. The molecule has 6 nitrogen and oxygen atoms in total. The number of carbonyl (C=O) groups excluding carboxylic acids is 2. The van der Waals surface area contributed by atoms with Crippen molar-refractivity contribution < 1.29 is 23.8 Å². The standard InChI is InChI=1S/C28H33NO5S/c1-32-22-6-8-23(9-7-22)33-10-11-34-27(31)24-4-2-3-5-25(24)35-18-26(30)29-28-15-19-12-20(16-28)14-21(13-19)17-28/h2-9,19-21H,10-18H2,1H3,(H,29,30). The van der Waals surface area contributed by atoms with Crippen molar-refractivity contribution in [1.82, 2.24) is 5.32 Å². The minimum absolute atomic E-state index is 0.00866. The lowest BCUT2D eigenvalue weighted by molar-refractivity contribution is -0.124. The Morgan fingerprint density at radius 1 is 0.914 bits per heavy atom. The topological polar surface area (TPSA) is 73.9 Å².